The van der Waals surface area contributed by atoms with Gasteiger partial charge in [0.2, 0.25) is 0 Å². The van der Waals surface area contributed by atoms with Crippen LogP contribution in [0.2, 0.25) is 5.02 Å². The van der Waals surface area contributed by atoms with Gasteiger partial charge in [0, 0.05) is 44.0 Å². The van der Waals surface area contributed by atoms with E-state index in [0.29, 0.717) is 22.1 Å². The molecule has 1 heterocycles. The largest absolute Gasteiger partial charge is 0.493 e. The van der Waals surface area contributed by atoms with Gasteiger partial charge in [-0.15, -0.1) is 0 Å². The SMILES string of the molecule is COc1cc(C(C)c2cc(N3CCNCC3)cc(N)c2S(C)(=O)=O)cc(Cl)c1OC. The first kappa shape index (κ1) is 22.5. The summed E-state index contributed by atoms with van der Waals surface area (Å²) < 4.78 is 36.0. The van der Waals surface area contributed by atoms with Crippen molar-refractivity contribution in [3.63, 3.8) is 0 Å². The number of benzene rings is 2. The van der Waals surface area contributed by atoms with Crippen LogP contribution in [0.15, 0.2) is 29.2 Å². The minimum Gasteiger partial charge on any atom is -0.493 e. The van der Waals surface area contributed by atoms with E-state index < -0.39 is 9.84 Å². The molecule has 1 fully saturated rings. The number of nitrogens with one attached hydrogen (secondary N) is 1. The van der Waals surface area contributed by atoms with Crippen LogP contribution in [-0.4, -0.2) is 55.1 Å². The van der Waals surface area contributed by atoms with Crippen molar-refractivity contribution in [2.75, 3.05) is 57.3 Å². The lowest BCUT2D eigenvalue weighted by Crippen LogP contribution is -2.43. The van der Waals surface area contributed by atoms with Crippen molar-refractivity contribution in [2.45, 2.75) is 17.7 Å². The van der Waals surface area contributed by atoms with E-state index in [1.54, 1.807) is 12.1 Å². The van der Waals surface area contributed by atoms with Gasteiger partial charge in [-0.2, -0.15) is 0 Å². The highest BCUT2D eigenvalue weighted by atomic mass is 35.5. The molecule has 2 aromatic rings. The molecule has 0 spiro atoms. The summed E-state index contributed by atoms with van der Waals surface area (Å²) in [6.07, 6.45) is 1.18. The summed E-state index contributed by atoms with van der Waals surface area (Å²) >= 11 is 6.40. The summed E-state index contributed by atoms with van der Waals surface area (Å²) in [5, 5.41) is 3.71. The van der Waals surface area contributed by atoms with Crippen LogP contribution in [0, 0.1) is 0 Å². The molecule has 1 saturated heterocycles. The lowest BCUT2D eigenvalue weighted by molar-refractivity contribution is 0.354. The lowest BCUT2D eigenvalue weighted by Gasteiger charge is -2.31. The summed E-state index contributed by atoms with van der Waals surface area (Å²) in [7, 11) is -0.493. The number of nitrogens with zero attached hydrogens (tertiary/aromatic N) is 1. The van der Waals surface area contributed by atoms with Gasteiger partial charge in [0.15, 0.2) is 21.3 Å². The highest BCUT2D eigenvalue weighted by molar-refractivity contribution is 7.91. The summed E-state index contributed by atoms with van der Waals surface area (Å²) in [6.45, 7) is 5.32. The standard InChI is InChI=1S/C21H28ClN3O4S/c1-13(14-9-17(22)20(29-3)19(10-14)28-2)16-11-15(25-7-5-24-6-8-25)12-18(23)21(16)30(4,26)27/h9-13,24H,5-8,23H2,1-4H3. The fourth-order valence-electron chi connectivity index (χ4n) is 3.88. The summed E-state index contributed by atoms with van der Waals surface area (Å²) in [5.74, 6) is 0.628. The fourth-order valence-corrected chi connectivity index (χ4v) is 5.33. The molecule has 0 aromatic heterocycles. The van der Waals surface area contributed by atoms with Crippen molar-refractivity contribution in [2.24, 2.45) is 0 Å². The van der Waals surface area contributed by atoms with E-state index in [1.807, 2.05) is 19.1 Å². The normalized spacial score (nSPS) is 15.7. The van der Waals surface area contributed by atoms with E-state index in [1.165, 1.54) is 20.5 Å². The Bertz CT molecular complexity index is 1040. The first-order valence-electron chi connectivity index (χ1n) is 9.68. The van der Waals surface area contributed by atoms with Gasteiger partial charge in [-0.05, 0) is 35.4 Å². The van der Waals surface area contributed by atoms with Crippen LogP contribution in [-0.2, 0) is 9.84 Å². The van der Waals surface area contributed by atoms with Gasteiger partial charge in [-0.25, -0.2) is 8.42 Å². The molecule has 2 aromatic carbocycles. The van der Waals surface area contributed by atoms with Crippen LogP contribution in [0.25, 0.3) is 0 Å². The van der Waals surface area contributed by atoms with Crippen molar-refractivity contribution in [1.82, 2.24) is 5.32 Å². The third kappa shape index (κ3) is 4.45. The average molecular weight is 454 g/mol. The average Bonchev–Trinajstić information content (AvgIpc) is 2.71. The Morgan fingerprint density at radius 1 is 1.13 bits per heavy atom. The summed E-state index contributed by atoms with van der Waals surface area (Å²) in [4.78, 5) is 2.36. The molecular formula is C21H28ClN3O4S. The molecule has 3 N–H and O–H groups in total. The van der Waals surface area contributed by atoms with Crippen LogP contribution in [0.3, 0.4) is 0 Å². The van der Waals surface area contributed by atoms with Gasteiger partial charge in [0.05, 0.1) is 29.8 Å². The first-order chi connectivity index (χ1) is 14.2. The number of hydrogen-bond donors (Lipinski definition) is 2. The highest BCUT2D eigenvalue weighted by Crippen LogP contribution is 2.42. The Morgan fingerprint density at radius 2 is 1.80 bits per heavy atom. The van der Waals surface area contributed by atoms with Gasteiger partial charge in [-0.3, -0.25) is 0 Å². The smallest absolute Gasteiger partial charge is 0.179 e. The number of ether oxygens (including phenoxy) is 2. The van der Waals surface area contributed by atoms with E-state index in [2.05, 4.69) is 10.2 Å². The van der Waals surface area contributed by atoms with Gasteiger partial charge < -0.3 is 25.4 Å². The minimum absolute atomic E-state index is 0.153. The number of piperazine rings is 1. The maximum absolute atomic E-state index is 12.6. The number of methoxy groups -OCH3 is 2. The van der Waals surface area contributed by atoms with E-state index in [-0.39, 0.29) is 16.5 Å². The number of sulfone groups is 1. The Morgan fingerprint density at radius 3 is 2.37 bits per heavy atom. The fraction of sp³-hybridized carbons (Fsp3) is 0.429. The van der Waals surface area contributed by atoms with Gasteiger partial charge in [0.25, 0.3) is 0 Å². The van der Waals surface area contributed by atoms with Crippen molar-refractivity contribution in [3.8, 4) is 11.5 Å². The molecule has 0 bridgehead atoms. The van der Waals surface area contributed by atoms with Crippen molar-refractivity contribution < 1.29 is 17.9 Å². The summed E-state index contributed by atoms with van der Waals surface area (Å²) in [5.41, 5.74) is 8.87. The zero-order chi connectivity index (χ0) is 22.1. The molecule has 7 nitrogen and oxygen atoms in total. The topological polar surface area (TPSA) is 93.9 Å². The maximum atomic E-state index is 12.6. The number of halogens is 1. The molecule has 3 rings (SSSR count). The zero-order valence-corrected chi connectivity index (χ0v) is 19.2. The second-order valence-corrected chi connectivity index (χ2v) is 9.78. The van der Waals surface area contributed by atoms with E-state index >= 15 is 0 Å². The number of nitrogen functional groups attached to an aromatic ring is 1. The monoisotopic (exact) mass is 453 g/mol. The van der Waals surface area contributed by atoms with Crippen molar-refractivity contribution >= 4 is 32.8 Å². The third-order valence-corrected chi connectivity index (χ3v) is 6.90. The molecule has 9 heteroatoms. The van der Waals surface area contributed by atoms with Gasteiger partial charge in [0.1, 0.15) is 0 Å². The Kier molecular flexibility index (Phi) is 6.69. The molecule has 0 radical (unpaired) electrons. The molecule has 0 aliphatic carbocycles. The van der Waals surface area contributed by atoms with Crippen molar-refractivity contribution in [3.05, 3.63) is 40.4 Å². The van der Waals surface area contributed by atoms with E-state index in [9.17, 15) is 8.42 Å². The van der Waals surface area contributed by atoms with Gasteiger partial charge >= 0.3 is 0 Å². The molecule has 1 atom stereocenters. The predicted molar refractivity (Wildman–Crippen MR) is 121 cm³/mol. The molecule has 1 aliphatic heterocycles. The summed E-state index contributed by atoms with van der Waals surface area (Å²) in [6, 6.07) is 7.26. The van der Waals surface area contributed by atoms with E-state index in [0.717, 1.165) is 37.4 Å². The molecule has 30 heavy (non-hydrogen) atoms. The van der Waals surface area contributed by atoms with Crippen LogP contribution in [0.1, 0.15) is 24.0 Å². The quantitative estimate of drug-likeness (QED) is 0.649. The number of nitrogens with two attached hydrogens (primary N) is 1. The second kappa shape index (κ2) is 8.91. The number of hydrogen-bond acceptors (Lipinski definition) is 7. The molecule has 1 unspecified atom stereocenters. The molecule has 0 amide bonds. The highest BCUT2D eigenvalue weighted by Gasteiger charge is 2.26. The Labute approximate surface area is 183 Å². The van der Waals surface area contributed by atoms with Gasteiger partial charge in [-0.1, -0.05) is 18.5 Å². The Balaban J connectivity index is 2.17. The molecular weight excluding hydrogens is 426 g/mol. The van der Waals surface area contributed by atoms with Crippen LogP contribution in [0.5, 0.6) is 11.5 Å². The lowest BCUT2D eigenvalue weighted by atomic mass is 9.91. The van der Waals surface area contributed by atoms with E-state index in [4.69, 9.17) is 26.8 Å². The number of rotatable bonds is 6. The minimum atomic E-state index is -3.55. The first-order valence-corrected chi connectivity index (χ1v) is 11.9. The van der Waals surface area contributed by atoms with Crippen LogP contribution >= 0.6 is 11.6 Å². The zero-order valence-electron chi connectivity index (χ0n) is 17.7. The third-order valence-electron chi connectivity index (χ3n) is 5.41. The predicted octanol–water partition coefficient (Wildman–Crippen LogP) is 2.90. The second-order valence-electron chi connectivity index (χ2n) is 7.42. The van der Waals surface area contributed by atoms with Crippen molar-refractivity contribution in [1.29, 1.82) is 0 Å². The maximum Gasteiger partial charge on any atom is 0.179 e. The van der Waals surface area contributed by atoms with Crippen LogP contribution in [0.4, 0.5) is 11.4 Å². The van der Waals surface area contributed by atoms with Crippen LogP contribution < -0.4 is 25.4 Å². The Hall–Kier alpha value is -2.16. The molecule has 0 saturated carbocycles. The molecule has 1 aliphatic rings. The molecule has 164 valence electrons. The number of anilines is 2.